The van der Waals surface area contributed by atoms with Crippen LogP contribution >= 0.6 is 0 Å². The normalized spacial score (nSPS) is 13.5. The Labute approximate surface area is 233 Å². The summed E-state index contributed by atoms with van der Waals surface area (Å²) in [5.41, 5.74) is 6.07. The van der Waals surface area contributed by atoms with Crippen molar-refractivity contribution in [2.24, 2.45) is 0 Å². The van der Waals surface area contributed by atoms with E-state index in [9.17, 15) is 4.79 Å². The van der Waals surface area contributed by atoms with Crippen molar-refractivity contribution in [3.63, 3.8) is 0 Å². The lowest BCUT2D eigenvalue weighted by Crippen LogP contribution is -2.48. The Kier molecular flexibility index (Phi) is 6.77. The Morgan fingerprint density at radius 3 is 2.15 bits per heavy atom. The molecule has 202 valence electrons. The van der Waals surface area contributed by atoms with Crippen molar-refractivity contribution in [1.29, 1.82) is 0 Å². The Morgan fingerprint density at radius 1 is 0.850 bits per heavy atom. The van der Waals surface area contributed by atoms with Gasteiger partial charge in [0.15, 0.2) is 11.6 Å². The number of ether oxygens (including phenoxy) is 1. The van der Waals surface area contributed by atoms with Gasteiger partial charge < -0.3 is 19.9 Å². The highest BCUT2D eigenvalue weighted by atomic mass is 16.5. The molecule has 3 heterocycles. The number of hydrogen-bond acceptors (Lipinski definition) is 7. The second-order valence-electron chi connectivity index (χ2n) is 9.90. The van der Waals surface area contributed by atoms with E-state index in [1.165, 1.54) is 0 Å². The van der Waals surface area contributed by atoms with Crippen molar-refractivity contribution in [2.45, 2.75) is 13.8 Å². The van der Waals surface area contributed by atoms with Gasteiger partial charge in [0.2, 0.25) is 0 Å². The van der Waals surface area contributed by atoms with Crippen LogP contribution in [0.15, 0.2) is 78.9 Å². The molecule has 9 heteroatoms. The third kappa shape index (κ3) is 5.05. The van der Waals surface area contributed by atoms with Crippen LogP contribution in [-0.2, 0) is 0 Å². The van der Waals surface area contributed by atoms with E-state index in [4.69, 9.17) is 14.7 Å². The number of nitrogens with one attached hydrogen (secondary N) is 1. The summed E-state index contributed by atoms with van der Waals surface area (Å²) in [6.45, 7) is 6.87. The zero-order chi connectivity index (χ0) is 27.6. The minimum Gasteiger partial charge on any atom is -0.497 e. The van der Waals surface area contributed by atoms with Gasteiger partial charge in [-0.3, -0.25) is 4.79 Å². The third-order valence-corrected chi connectivity index (χ3v) is 7.16. The van der Waals surface area contributed by atoms with E-state index in [-0.39, 0.29) is 5.91 Å². The van der Waals surface area contributed by atoms with E-state index in [1.54, 1.807) is 11.8 Å². The summed E-state index contributed by atoms with van der Waals surface area (Å²) in [7, 11) is 1.67. The van der Waals surface area contributed by atoms with Crippen molar-refractivity contribution in [3.8, 4) is 11.6 Å². The van der Waals surface area contributed by atoms with Gasteiger partial charge in [0, 0.05) is 48.8 Å². The van der Waals surface area contributed by atoms with Gasteiger partial charge in [-0.05, 0) is 80.6 Å². The molecule has 0 unspecified atom stereocenters. The predicted octanol–water partition coefficient (Wildman–Crippen LogP) is 5.15. The van der Waals surface area contributed by atoms with Crippen LogP contribution < -0.4 is 15.0 Å². The SMILES string of the molecule is COc1ccc(N2CCN(C(=O)c3ccc(Nc4nc5ccccc5nc4-n4nc(C)cc4C)cc3)CC2)cc1. The summed E-state index contributed by atoms with van der Waals surface area (Å²) in [6, 6.07) is 25.4. The lowest BCUT2D eigenvalue weighted by Gasteiger charge is -2.36. The van der Waals surface area contributed by atoms with Crippen LogP contribution in [0.2, 0.25) is 0 Å². The smallest absolute Gasteiger partial charge is 0.253 e. The highest BCUT2D eigenvalue weighted by Crippen LogP contribution is 2.26. The zero-order valence-electron chi connectivity index (χ0n) is 22.8. The summed E-state index contributed by atoms with van der Waals surface area (Å²) < 4.78 is 7.06. The number of rotatable bonds is 6. The van der Waals surface area contributed by atoms with Gasteiger partial charge in [0.25, 0.3) is 5.91 Å². The molecule has 0 atom stereocenters. The third-order valence-electron chi connectivity index (χ3n) is 7.16. The Hall–Kier alpha value is -4.92. The van der Waals surface area contributed by atoms with Crippen LogP contribution in [-0.4, -0.2) is 63.8 Å². The van der Waals surface area contributed by atoms with Gasteiger partial charge in [-0.25, -0.2) is 14.6 Å². The van der Waals surface area contributed by atoms with Crippen LogP contribution in [0.4, 0.5) is 17.2 Å². The number of fused-ring (bicyclic) bond motifs is 1. The van der Waals surface area contributed by atoms with Gasteiger partial charge in [-0.2, -0.15) is 5.10 Å². The number of aryl methyl sites for hydroxylation is 2. The average molecular weight is 534 g/mol. The van der Waals surface area contributed by atoms with Crippen molar-refractivity contribution in [3.05, 3.63) is 95.8 Å². The Bertz CT molecular complexity index is 1650. The summed E-state index contributed by atoms with van der Waals surface area (Å²) >= 11 is 0. The molecule has 0 radical (unpaired) electrons. The molecule has 0 aliphatic carbocycles. The summed E-state index contributed by atoms with van der Waals surface area (Å²) in [5.74, 6) is 2.10. The second kappa shape index (κ2) is 10.7. The first-order valence-electron chi connectivity index (χ1n) is 13.3. The molecule has 1 aliphatic heterocycles. The second-order valence-corrected chi connectivity index (χ2v) is 9.90. The molecular formula is C31H31N7O2. The van der Waals surface area contributed by atoms with Gasteiger partial charge in [0.05, 0.1) is 23.8 Å². The number of methoxy groups -OCH3 is 1. The van der Waals surface area contributed by atoms with Gasteiger partial charge in [-0.1, -0.05) is 12.1 Å². The molecule has 1 fully saturated rings. The monoisotopic (exact) mass is 533 g/mol. The molecule has 0 bridgehead atoms. The fourth-order valence-corrected chi connectivity index (χ4v) is 5.04. The van der Waals surface area contributed by atoms with Crippen LogP contribution in [0.5, 0.6) is 5.75 Å². The number of carbonyl (C=O) groups is 1. The average Bonchev–Trinajstić information content (AvgIpc) is 3.34. The first kappa shape index (κ1) is 25.4. The number of amides is 1. The summed E-state index contributed by atoms with van der Waals surface area (Å²) in [5, 5.41) is 8.03. The number of aromatic nitrogens is 4. The Morgan fingerprint density at radius 2 is 1.52 bits per heavy atom. The molecule has 3 aromatic carbocycles. The number of nitrogens with zero attached hydrogens (tertiary/aromatic N) is 6. The van der Waals surface area contributed by atoms with E-state index in [1.807, 2.05) is 85.5 Å². The van der Waals surface area contributed by atoms with Crippen molar-refractivity contribution in [1.82, 2.24) is 24.6 Å². The molecule has 2 aromatic heterocycles. The van der Waals surface area contributed by atoms with E-state index in [0.29, 0.717) is 30.3 Å². The molecule has 1 amide bonds. The Balaban J connectivity index is 1.17. The van der Waals surface area contributed by atoms with Crippen LogP contribution in [0, 0.1) is 13.8 Å². The lowest BCUT2D eigenvalue weighted by atomic mass is 10.1. The number of piperazine rings is 1. The minimum atomic E-state index is 0.0368. The molecule has 40 heavy (non-hydrogen) atoms. The molecule has 6 rings (SSSR count). The van der Waals surface area contributed by atoms with Crippen LogP contribution in [0.25, 0.3) is 16.9 Å². The first-order chi connectivity index (χ1) is 19.5. The number of carbonyl (C=O) groups excluding carboxylic acids is 1. The van der Waals surface area contributed by atoms with E-state index >= 15 is 0 Å². The fourth-order valence-electron chi connectivity index (χ4n) is 5.04. The number of benzene rings is 3. The summed E-state index contributed by atoms with van der Waals surface area (Å²) in [4.78, 5) is 27.2. The molecule has 1 saturated heterocycles. The molecule has 9 nitrogen and oxygen atoms in total. The first-order valence-corrected chi connectivity index (χ1v) is 13.3. The molecule has 1 N–H and O–H groups in total. The quantitative estimate of drug-likeness (QED) is 0.323. The van der Waals surface area contributed by atoms with Gasteiger partial charge >= 0.3 is 0 Å². The topological polar surface area (TPSA) is 88.4 Å². The standard InChI is InChI=1S/C31H31N7O2/c1-21-20-22(2)38(35-21)30-29(33-27-6-4-5-7-28(27)34-30)32-24-10-8-23(9-11-24)31(39)37-18-16-36(17-19-37)25-12-14-26(40-3)15-13-25/h4-15,20H,16-19H2,1-3H3,(H,32,33). The highest BCUT2D eigenvalue weighted by molar-refractivity contribution is 5.95. The maximum Gasteiger partial charge on any atom is 0.253 e. The molecule has 0 spiro atoms. The largest absolute Gasteiger partial charge is 0.497 e. The summed E-state index contributed by atoms with van der Waals surface area (Å²) in [6.07, 6.45) is 0. The van der Waals surface area contributed by atoms with Gasteiger partial charge in [-0.15, -0.1) is 0 Å². The van der Waals surface area contributed by atoms with E-state index in [0.717, 1.165) is 52.6 Å². The van der Waals surface area contributed by atoms with Crippen LogP contribution in [0.1, 0.15) is 21.7 Å². The predicted molar refractivity (Wildman–Crippen MR) is 157 cm³/mol. The fraction of sp³-hybridized carbons (Fsp3) is 0.226. The zero-order valence-corrected chi connectivity index (χ0v) is 22.8. The number of anilines is 3. The molecule has 1 aliphatic rings. The lowest BCUT2D eigenvalue weighted by molar-refractivity contribution is 0.0747. The van der Waals surface area contributed by atoms with E-state index < -0.39 is 0 Å². The highest BCUT2D eigenvalue weighted by Gasteiger charge is 2.22. The minimum absolute atomic E-state index is 0.0368. The van der Waals surface area contributed by atoms with Crippen molar-refractivity contribution >= 4 is 34.1 Å². The molecule has 0 saturated carbocycles. The number of para-hydroxylation sites is 2. The van der Waals surface area contributed by atoms with Crippen molar-refractivity contribution in [2.75, 3.05) is 43.5 Å². The molecule has 5 aromatic rings. The number of hydrogen-bond donors (Lipinski definition) is 1. The maximum atomic E-state index is 13.3. The van der Waals surface area contributed by atoms with E-state index in [2.05, 4.69) is 27.4 Å². The van der Waals surface area contributed by atoms with Crippen molar-refractivity contribution < 1.29 is 9.53 Å². The molecular weight excluding hydrogens is 502 g/mol. The maximum absolute atomic E-state index is 13.3. The van der Waals surface area contributed by atoms with Gasteiger partial charge in [0.1, 0.15) is 5.75 Å². The van der Waals surface area contributed by atoms with Crippen LogP contribution in [0.3, 0.4) is 0 Å².